The zero-order valence-electron chi connectivity index (χ0n) is 11.1. The van der Waals surface area contributed by atoms with E-state index >= 15 is 0 Å². The topological polar surface area (TPSA) is 30.7 Å². The van der Waals surface area contributed by atoms with Crippen LogP contribution in [0.5, 0.6) is 0 Å². The van der Waals surface area contributed by atoms with Gasteiger partial charge in [0.2, 0.25) is 0 Å². The molecule has 98 valence electrons. The van der Waals surface area contributed by atoms with Gasteiger partial charge in [-0.2, -0.15) is 0 Å². The summed E-state index contributed by atoms with van der Waals surface area (Å²) in [4.78, 5) is 0. The summed E-state index contributed by atoms with van der Waals surface area (Å²) in [5.41, 5.74) is 3.60. The SMILES string of the molecule is C(=C(\Cn1ccnn1)c1ccccc1)/c1ccccc1. The number of nitrogens with zero attached hydrogens (tertiary/aromatic N) is 3. The summed E-state index contributed by atoms with van der Waals surface area (Å²) in [6, 6.07) is 20.7. The van der Waals surface area contributed by atoms with Crippen molar-refractivity contribution in [3.63, 3.8) is 0 Å². The molecule has 3 heteroatoms. The van der Waals surface area contributed by atoms with Crippen molar-refractivity contribution in [1.29, 1.82) is 0 Å². The molecule has 3 aromatic rings. The molecule has 0 N–H and O–H groups in total. The highest BCUT2D eigenvalue weighted by Crippen LogP contribution is 2.19. The second kappa shape index (κ2) is 5.97. The van der Waals surface area contributed by atoms with Gasteiger partial charge in [-0.15, -0.1) is 5.10 Å². The summed E-state index contributed by atoms with van der Waals surface area (Å²) >= 11 is 0. The Hall–Kier alpha value is -2.68. The first-order valence-corrected chi connectivity index (χ1v) is 6.57. The summed E-state index contributed by atoms with van der Waals surface area (Å²) in [6.45, 7) is 0.707. The monoisotopic (exact) mass is 261 g/mol. The Labute approximate surface area is 118 Å². The van der Waals surface area contributed by atoms with Crippen molar-refractivity contribution >= 4 is 11.6 Å². The molecule has 0 aliphatic rings. The van der Waals surface area contributed by atoms with Crippen LogP contribution in [0.15, 0.2) is 73.1 Å². The summed E-state index contributed by atoms with van der Waals surface area (Å²) < 4.78 is 1.84. The average molecular weight is 261 g/mol. The molecular weight excluding hydrogens is 246 g/mol. The maximum Gasteiger partial charge on any atom is 0.0693 e. The Bertz CT molecular complexity index is 671. The van der Waals surface area contributed by atoms with E-state index in [2.05, 4.69) is 52.8 Å². The van der Waals surface area contributed by atoms with E-state index in [1.54, 1.807) is 6.20 Å². The van der Waals surface area contributed by atoms with Crippen molar-refractivity contribution in [3.05, 3.63) is 84.2 Å². The Kier molecular flexibility index (Phi) is 3.69. The number of hydrogen-bond acceptors (Lipinski definition) is 2. The van der Waals surface area contributed by atoms with Gasteiger partial charge < -0.3 is 0 Å². The predicted octanol–water partition coefficient (Wildman–Crippen LogP) is 3.52. The largest absolute Gasteiger partial charge is 0.248 e. The molecule has 20 heavy (non-hydrogen) atoms. The van der Waals surface area contributed by atoms with E-state index in [1.807, 2.05) is 35.1 Å². The smallest absolute Gasteiger partial charge is 0.0693 e. The zero-order valence-corrected chi connectivity index (χ0v) is 11.1. The molecule has 0 spiro atoms. The molecule has 0 aliphatic heterocycles. The van der Waals surface area contributed by atoms with Crippen molar-refractivity contribution in [2.75, 3.05) is 0 Å². The van der Waals surface area contributed by atoms with Crippen molar-refractivity contribution < 1.29 is 0 Å². The van der Waals surface area contributed by atoms with E-state index in [4.69, 9.17) is 0 Å². The summed E-state index contributed by atoms with van der Waals surface area (Å²) in [6.07, 6.45) is 5.77. The van der Waals surface area contributed by atoms with E-state index in [1.165, 1.54) is 16.7 Å². The van der Waals surface area contributed by atoms with Gasteiger partial charge in [0.05, 0.1) is 12.7 Å². The molecule has 2 aromatic carbocycles. The van der Waals surface area contributed by atoms with Gasteiger partial charge in [0, 0.05) is 6.20 Å². The van der Waals surface area contributed by atoms with Gasteiger partial charge in [-0.05, 0) is 22.8 Å². The van der Waals surface area contributed by atoms with E-state index in [0.29, 0.717) is 6.54 Å². The molecule has 0 saturated heterocycles. The highest BCUT2D eigenvalue weighted by atomic mass is 15.4. The first-order chi connectivity index (χ1) is 9.92. The van der Waals surface area contributed by atoms with Crippen LogP contribution in [0.1, 0.15) is 11.1 Å². The van der Waals surface area contributed by atoms with Gasteiger partial charge in [-0.25, -0.2) is 4.68 Å². The van der Waals surface area contributed by atoms with Crippen molar-refractivity contribution in [2.45, 2.75) is 6.54 Å². The Balaban J connectivity index is 1.97. The fraction of sp³-hybridized carbons (Fsp3) is 0.0588. The van der Waals surface area contributed by atoms with Crippen LogP contribution in [0.25, 0.3) is 11.6 Å². The fourth-order valence-electron chi connectivity index (χ4n) is 2.11. The van der Waals surface area contributed by atoms with Crippen LogP contribution in [-0.2, 0) is 6.54 Å². The second-order valence-corrected chi connectivity index (χ2v) is 4.55. The van der Waals surface area contributed by atoms with E-state index in [0.717, 1.165) is 0 Å². The Morgan fingerprint density at radius 3 is 2.30 bits per heavy atom. The minimum atomic E-state index is 0.707. The molecule has 0 aliphatic carbocycles. The highest BCUT2D eigenvalue weighted by molar-refractivity contribution is 5.81. The van der Waals surface area contributed by atoms with Gasteiger partial charge in [0.1, 0.15) is 0 Å². The number of rotatable bonds is 4. The quantitative estimate of drug-likeness (QED) is 0.673. The molecule has 3 rings (SSSR count). The molecule has 0 saturated carbocycles. The summed E-state index contributed by atoms with van der Waals surface area (Å²) in [7, 11) is 0. The first kappa shape index (κ1) is 12.4. The van der Waals surface area contributed by atoms with Crippen LogP contribution in [0, 0.1) is 0 Å². The highest BCUT2D eigenvalue weighted by Gasteiger charge is 2.03. The van der Waals surface area contributed by atoms with Gasteiger partial charge in [-0.3, -0.25) is 0 Å². The van der Waals surface area contributed by atoms with Crippen LogP contribution < -0.4 is 0 Å². The third-order valence-corrected chi connectivity index (χ3v) is 3.09. The van der Waals surface area contributed by atoms with Crippen LogP contribution in [0.4, 0.5) is 0 Å². The molecule has 0 unspecified atom stereocenters. The lowest BCUT2D eigenvalue weighted by molar-refractivity contribution is 0.671. The molecule has 0 fully saturated rings. The lowest BCUT2D eigenvalue weighted by Gasteiger charge is -2.08. The Morgan fingerprint density at radius 1 is 0.950 bits per heavy atom. The molecule has 0 radical (unpaired) electrons. The van der Waals surface area contributed by atoms with Crippen LogP contribution in [0.3, 0.4) is 0 Å². The van der Waals surface area contributed by atoms with Gasteiger partial charge in [-0.1, -0.05) is 65.9 Å². The number of benzene rings is 2. The molecular formula is C17H15N3. The molecule has 0 amide bonds. The Morgan fingerprint density at radius 2 is 1.65 bits per heavy atom. The fourth-order valence-corrected chi connectivity index (χ4v) is 2.11. The normalized spacial score (nSPS) is 11.5. The minimum absolute atomic E-state index is 0.707. The average Bonchev–Trinajstić information content (AvgIpc) is 3.02. The zero-order chi connectivity index (χ0) is 13.6. The molecule has 0 atom stereocenters. The van der Waals surface area contributed by atoms with E-state index < -0.39 is 0 Å². The summed E-state index contributed by atoms with van der Waals surface area (Å²) in [5, 5.41) is 7.91. The third-order valence-electron chi connectivity index (χ3n) is 3.09. The molecule has 1 heterocycles. The molecule has 3 nitrogen and oxygen atoms in total. The van der Waals surface area contributed by atoms with Crippen molar-refractivity contribution in [2.24, 2.45) is 0 Å². The maximum absolute atomic E-state index is 4.05. The number of allylic oxidation sites excluding steroid dienone is 1. The number of hydrogen-bond donors (Lipinski definition) is 0. The standard InChI is InChI=1S/C17H15N3/c1-3-7-15(8-4-1)13-17(14-20-12-11-18-19-20)16-9-5-2-6-10-16/h1-13H,14H2/b17-13-. The van der Waals surface area contributed by atoms with Gasteiger partial charge in [0.15, 0.2) is 0 Å². The van der Waals surface area contributed by atoms with E-state index in [9.17, 15) is 0 Å². The van der Waals surface area contributed by atoms with E-state index in [-0.39, 0.29) is 0 Å². The maximum atomic E-state index is 4.05. The van der Waals surface area contributed by atoms with Crippen molar-refractivity contribution in [3.8, 4) is 0 Å². The lowest BCUT2D eigenvalue weighted by Crippen LogP contribution is -2.01. The number of aromatic nitrogens is 3. The second-order valence-electron chi connectivity index (χ2n) is 4.55. The first-order valence-electron chi connectivity index (χ1n) is 6.57. The van der Waals surface area contributed by atoms with Crippen LogP contribution in [-0.4, -0.2) is 15.0 Å². The van der Waals surface area contributed by atoms with Crippen LogP contribution in [0.2, 0.25) is 0 Å². The predicted molar refractivity (Wildman–Crippen MR) is 80.8 cm³/mol. The van der Waals surface area contributed by atoms with Crippen LogP contribution >= 0.6 is 0 Å². The lowest BCUT2D eigenvalue weighted by atomic mass is 10.0. The molecule has 1 aromatic heterocycles. The van der Waals surface area contributed by atoms with Crippen molar-refractivity contribution in [1.82, 2.24) is 15.0 Å². The minimum Gasteiger partial charge on any atom is -0.248 e. The molecule has 0 bridgehead atoms. The summed E-state index contributed by atoms with van der Waals surface area (Å²) in [5.74, 6) is 0. The van der Waals surface area contributed by atoms with Gasteiger partial charge >= 0.3 is 0 Å². The van der Waals surface area contributed by atoms with Gasteiger partial charge in [0.25, 0.3) is 0 Å². The third kappa shape index (κ3) is 3.01.